The summed E-state index contributed by atoms with van der Waals surface area (Å²) in [7, 11) is -3.53. The molecule has 1 N–H and O–H groups in total. The molecule has 1 aromatic rings. The van der Waals surface area contributed by atoms with Crippen molar-refractivity contribution in [3.8, 4) is 0 Å². The lowest BCUT2D eigenvalue weighted by Gasteiger charge is -2.23. The van der Waals surface area contributed by atoms with Gasteiger partial charge in [0, 0.05) is 38.7 Å². The van der Waals surface area contributed by atoms with Crippen molar-refractivity contribution in [1.82, 2.24) is 9.62 Å². The van der Waals surface area contributed by atoms with E-state index in [1.807, 2.05) is 0 Å². The predicted octanol–water partition coefficient (Wildman–Crippen LogP) is 1.91. The van der Waals surface area contributed by atoms with Crippen molar-refractivity contribution in [2.45, 2.75) is 57.4 Å². The Bertz CT molecular complexity index is 860. The van der Waals surface area contributed by atoms with Crippen LogP contribution in [0.1, 0.15) is 45.6 Å². The predicted molar refractivity (Wildman–Crippen MR) is 108 cm³/mol. The quantitative estimate of drug-likeness (QED) is 0.780. The number of benzene rings is 1. The number of rotatable bonds is 6. The maximum Gasteiger partial charge on any atom is 0.243 e. The Hall–Kier alpha value is -1.93. The van der Waals surface area contributed by atoms with Crippen LogP contribution in [0.15, 0.2) is 23.1 Å². The minimum absolute atomic E-state index is 0.198. The van der Waals surface area contributed by atoms with E-state index in [2.05, 4.69) is 19.2 Å². The summed E-state index contributed by atoms with van der Waals surface area (Å²) in [6.07, 6.45) is 2.94. The van der Waals surface area contributed by atoms with Gasteiger partial charge < -0.3 is 5.32 Å². The molecule has 8 heteroatoms. The van der Waals surface area contributed by atoms with Crippen LogP contribution in [0.4, 0.5) is 5.69 Å². The molecule has 0 aliphatic carbocycles. The summed E-state index contributed by atoms with van der Waals surface area (Å²) in [6.45, 7) is 7.24. The van der Waals surface area contributed by atoms with Gasteiger partial charge in [-0.3, -0.25) is 14.5 Å². The highest BCUT2D eigenvalue weighted by molar-refractivity contribution is 7.89. The second kappa shape index (κ2) is 8.21. The van der Waals surface area contributed by atoms with Crippen molar-refractivity contribution in [2.24, 2.45) is 5.92 Å². The molecule has 0 saturated carbocycles. The average molecular weight is 408 g/mol. The summed E-state index contributed by atoms with van der Waals surface area (Å²) in [5, 5.41) is 2.91. The number of hydrogen-bond acceptors (Lipinski definition) is 4. The molecule has 2 amide bonds. The molecule has 1 aromatic carbocycles. The zero-order chi connectivity index (χ0) is 20.5. The zero-order valence-electron chi connectivity index (χ0n) is 16.8. The minimum atomic E-state index is -3.53. The molecule has 0 aromatic heterocycles. The fourth-order valence-electron chi connectivity index (χ4n) is 3.87. The third kappa shape index (κ3) is 4.07. The number of hydrogen-bond donors (Lipinski definition) is 1. The third-order valence-corrected chi connectivity index (χ3v) is 7.30. The molecule has 1 atom stereocenters. The fraction of sp³-hybridized carbons (Fsp3) is 0.600. The van der Waals surface area contributed by atoms with E-state index in [9.17, 15) is 18.0 Å². The number of nitrogens with zero attached hydrogens (tertiary/aromatic N) is 2. The van der Waals surface area contributed by atoms with Crippen LogP contribution in [0.5, 0.6) is 0 Å². The number of sulfonamides is 1. The first kappa shape index (κ1) is 20.8. The van der Waals surface area contributed by atoms with Crippen LogP contribution < -0.4 is 10.2 Å². The van der Waals surface area contributed by atoms with Crippen LogP contribution in [0, 0.1) is 5.92 Å². The van der Waals surface area contributed by atoms with Crippen molar-refractivity contribution >= 4 is 27.5 Å². The first-order valence-corrected chi connectivity index (χ1v) is 11.4. The lowest BCUT2D eigenvalue weighted by Crippen LogP contribution is -2.47. The second-order valence-corrected chi connectivity index (χ2v) is 9.92. The molecule has 28 heavy (non-hydrogen) atoms. The number of fused-ring (bicyclic) bond motifs is 1. The molecule has 1 fully saturated rings. The maximum absolute atomic E-state index is 12.8. The summed E-state index contributed by atoms with van der Waals surface area (Å²) in [5.74, 6) is 0.0530. The van der Waals surface area contributed by atoms with Gasteiger partial charge in [0.1, 0.15) is 6.04 Å². The average Bonchev–Trinajstić information content (AvgIpc) is 3.28. The van der Waals surface area contributed by atoms with Gasteiger partial charge in [-0.1, -0.05) is 13.8 Å². The molecule has 154 valence electrons. The Balaban J connectivity index is 1.83. The largest absolute Gasteiger partial charge is 0.354 e. The van der Waals surface area contributed by atoms with Gasteiger partial charge in [-0.25, -0.2) is 8.42 Å². The molecular weight excluding hydrogens is 378 g/mol. The Morgan fingerprint density at radius 3 is 2.50 bits per heavy atom. The molecule has 1 saturated heterocycles. The van der Waals surface area contributed by atoms with Crippen molar-refractivity contribution in [3.63, 3.8) is 0 Å². The number of carbonyl (C=O) groups excluding carboxylic acids is 2. The zero-order valence-corrected chi connectivity index (χ0v) is 17.6. The highest BCUT2D eigenvalue weighted by Gasteiger charge is 2.38. The van der Waals surface area contributed by atoms with E-state index in [1.54, 1.807) is 18.2 Å². The minimum Gasteiger partial charge on any atom is -0.354 e. The summed E-state index contributed by atoms with van der Waals surface area (Å²) in [5.41, 5.74) is 1.34. The molecule has 0 unspecified atom stereocenters. The number of anilines is 1. The smallest absolute Gasteiger partial charge is 0.243 e. The summed E-state index contributed by atoms with van der Waals surface area (Å²) >= 11 is 0. The molecule has 2 aliphatic rings. The number of nitrogens with one attached hydrogen (secondary N) is 1. The SMILES string of the molecule is CC(=O)N1c2ccc(S(=O)(=O)N3CCCC3)cc2C[C@@H]1C(=O)NCCC(C)C. The maximum atomic E-state index is 12.8. The first-order valence-electron chi connectivity index (χ1n) is 9.92. The Morgan fingerprint density at radius 2 is 1.89 bits per heavy atom. The van der Waals surface area contributed by atoms with Crippen LogP contribution in [-0.4, -0.2) is 50.2 Å². The molecule has 2 aliphatic heterocycles. The molecule has 7 nitrogen and oxygen atoms in total. The molecule has 2 heterocycles. The standard InChI is InChI=1S/C20H29N3O4S/c1-14(2)8-9-21-20(25)19-13-16-12-17(6-7-18(16)23(19)15(3)24)28(26,27)22-10-4-5-11-22/h6-7,12,14,19H,4-5,8-11,13H2,1-3H3,(H,21,25)/t19-/m1/s1. The van der Waals surface area contributed by atoms with E-state index in [1.165, 1.54) is 16.1 Å². The Morgan fingerprint density at radius 1 is 1.21 bits per heavy atom. The highest BCUT2D eigenvalue weighted by atomic mass is 32.2. The molecule has 0 spiro atoms. The van der Waals surface area contributed by atoms with Crippen LogP contribution in [-0.2, 0) is 26.0 Å². The highest BCUT2D eigenvalue weighted by Crippen LogP contribution is 2.35. The van der Waals surface area contributed by atoms with E-state index < -0.39 is 16.1 Å². The molecule has 0 radical (unpaired) electrons. The van der Waals surface area contributed by atoms with E-state index in [-0.39, 0.29) is 16.7 Å². The van der Waals surface area contributed by atoms with Crippen molar-refractivity contribution in [1.29, 1.82) is 0 Å². The van der Waals surface area contributed by atoms with E-state index in [0.717, 1.165) is 24.8 Å². The van der Waals surface area contributed by atoms with Gasteiger partial charge >= 0.3 is 0 Å². The van der Waals surface area contributed by atoms with Gasteiger partial charge in [0.2, 0.25) is 21.8 Å². The normalized spacial score (nSPS) is 19.9. The van der Waals surface area contributed by atoms with Gasteiger partial charge in [-0.2, -0.15) is 4.31 Å². The van der Waals surface area contributed by atoms with Crippen LogP contribution in [0.25, 0.3) is 0 Å². The van der Waals surface area contributed by atoms with E-state index in [0.29, 0.717) is 37.7 Å². The van der Waals surface area contributed by atoms with E-state index in [4.69, 9.17) is 0 Å². The molecule has 0 bridgehead atoms. The Labute approximate surface area is 167 Å². The van der Waals surface area contributed by atoms with Crippen LogP contribution in [0.2, 0.25) is 0 Å². The first-order chi connectivity index (χ1) is 13.2. The van der Waals surface area contributed by atoms with Crippen molar-refractivity contribution < 1.29 is 18.0 Å². The van der Waals surface area contributed by atoms with Crippen LogP contribution in [0.3, 0.4) is 0 Å². The third-order valence-electron chi connectivity index (χ3n) is 5.40. The summed E-state index contributed by atoms with van der Waals surface area (Å²) in [6, 6.07) is 4.19. The van der Waals surface area contributed by atoms with Crippen molar-refractivity contribution in [2.75, 3.05) is 24.5 Å². The van der Waals surface area contributed by atoms with Gasteiger partial charge in [-0.15, -0.1) is 0 Å². The number of amides is 2. The van der Waals surface area contributed by atoms with Crippen molar-refractivity contribution in [3.05, 3.63) is 23.8 Å². The molecule has 3 rings (SSSR count). The van der Waals surface area contributed by atoms with Gasteiger partial charge in [-0.05, 0) is 48.9 Å². The summed E-state index contributed by atoms with van der Waals surface area (Å²) < 4.78 is 27.2. The monoisotopic (exact) mass is 407 g/mol. The lowest BCUT2D eigenvalue weighted by molar-refractivity contribution is -0.125. The number of carbonyl (C=O) groups is 2. The summed E-state index contributed by atoms with van der Waals surface area (Å²) in [4.78, 5) is 26.6. The Kier molecular flexibility index (Phi) is 6.09. The molecular formula is C20H29N3O4S. The second-order valence-electron chi connectivity index (χ2n) is 7.98. The van der Waals surface area contributed by atoms with Gasteiger partial charge in [0.05, 0.1) is 4.90 Å². The fourth-order valence-corrected chi connectivity index (χ4v) is 5.44. The topological polar surface area (TPSA) is 86.8 Å². The lowest BCUT2D eigenvalue weighted by atomic mass is 10.1. The van der Waals surface area contributed by atoms with Crippen LogP contribution >= 0.6 is 0 Å². The van der Waals surface area contributed by atoms with E-state index >= 15 is 0 Å². The van der Waals surface area contributed by atoms with Gasteiger partial charge in [0.15, 0.2) is 0 Å². The van der Waals surface area contributed by atoms with Gasteiger partial charge in [0.25, 0.3) is 0 Å².